The first-order chi connectivity index (χ1) is 15.4. The van der Waals surface area contributed by atoms with Gasteiger partial charge in [0, 0.05) is 12.8 Å². The lowest BCUT2D eigenvalue weighted by atomic mass is 9.78. The minimum Gasteiger partial charge on any atom is -0.481 e. The maximum absolute atomic E-state index is 13.9. The van der Waals surface area contributed by atoms with Gasteiger partial charge in [-0.2, -0.15) is 4.39 Å². The number of carbonyl (C=O) groups is 2. The summed E-state index contributed by atoms with van der Waals surface area (Å²) in [7, 11) is -2.69. The average molecular weight is 505 g/mol. The number of hydrogen-bond donors (Lipinski definition) is 5. The molecule has 0 amide bonds. The molecule has 0 radical (unpaired) electrons. The maximum Gasteiger partial charge on any atom is 0.330 e. The molecule has 0 saturated carbocycles. The first-order valence-corrected chi connectivity index (χ1v) is 14.0. The maximum atomic E-state index is 13.9. The fourth-order valence-corrected chi connectivity index (χ4v) is 6.14. The van der Waals surface area contributed by atoms with Crippen molar-refractivity contribution in [3.05, 3.63) is 32.9 Å². The monoisotopic (exact) mass is 504 g/mol. The van der Waals surface area contributed by atoms with Crippen LogP contribution in [-0.4, -0.2) is 67.4 Å². The molecule has 1 aliphatic heterocycles. The van der Waals surface area contributed by atoms with Crippen LogP contribution in [0, 0.1) is 11.7 Å². The van der Waals surface area contributed by atoms with E-state index in [9.17, 15) is 38.9 Å². The summed E-state index contributed by atoms with van der Waals surface area (Å²) in [5.41, 5.74) is -5.79. The Morgan fingerprint density at radius 3 is 2.41 bits per heavy atom. The Morgan fingerprint density at radius 2 is 1.91 bits per heavy atom. The molecule has 11 nitrogen and oxygen atoms in total. The summed E-state index contributed by atoms with van der Waals surface area (Å²) < 4.78 is 20.5. The van der Waals surface area contributed by atoms with Crippen LogP contribution < -0.4 is 11.2 Å². The van der Waals surface area contributed by atoms with Crippen molar-refractivity contribution in [3.63, 3.8) is 0 Å². The molecule has 13 heteroatoms. The van der Waals surface area contributed by atoms with Gasteiger partial charge < -0.3 is 25.2 Å². The third-order valence-corrected chi connectivity index (χ3v) is 12.9. The van der Waals surface area contributed by atoms with Crippen LogP contribution in [-0.2, 0) is 14.3 Å². The van der Waals surface area contributed by atoms with Crippen LogP contribution in [0.4, 0.5) is 4.39 Å². The van der Waals surface area contributed by atoms with Crippen molar-refractivity contribution in [3.8, 4) is 0 Å². The molecule has 1 aromatic rings. The molecule has 2 unspecified atom stereocenters. The van der Waals surface area contributed by atoms with E-state index >= 15 is 0 Å². The van der Waals surface area contributed by atoms with Crippen LogP contribution in [0.2, 0.25) is 18.1 Å². The number of carboxylic acid groups (broad SMARTS) is 2. The number of nitrogens with one attached hydrogen (secondary N) is 1. The molecule has 1 saturated heterocycles. The Bertz CT molecular complexity index is 1050. The predicted molar refractivity (Wildman–Crippen MR) is 121 cm³/mol. The van der Waals surface area contributed by atoms with Crippen molar-refractivity contribution in [1.82, 2.24) is 9.55 Å². The Hall–Kier alpha value is -2.35. The Labute approximate surface area is 196 Å². The minimum atomic E-state index is -2.69. The Morgan fingerprint density at radius 1 is 1.32 bits per heavy atom. The number of nitrogens with zero attached hydrogens (tertiary/aromatic N) is 1. The molecular weight excluding hydrogens is 471 g/mol. The summed E-state index contributed by atoms with van der Waals surface area (Å²) in [5.74, 6) is -5.38. The van der Waals surface area contributed by atoms with E-state index in [2.05, 4.69) is 0 Å². The summed E-state index contributed by atoms with van der Waals surface area (Å²) in [4.78, 5) is 48.6. The molecule has 1 aromatic heterocycles. The van der Waals surface area contributed by atoms with Gasteiger partial charge in [-0.1, -0.05) is 33.9 Å². The number of rotatable bonds is 9. The smallest absolute Gasteiger partial charge is 0.330 e. The molecule has 2 rings (SSSR count). The van der Waals surface area contributed by atoms with E-state index in [4.69, 9.17) is 9.84 Å². The predicted octanol–water partition coefficient (Wildman–Crippen LogP) is 1.06. The minimum absolute atomic E-state index is 0.0601. The number of aliphatic hydroxyl groups excluding tert-OH is 1. The highest BCUT2D eigenvalue weighted by Crippen LogP contribution is 2.48. The molecule has 1 aliphatic rings. The van der Waals surface area contributed by atoms with E-state index in [0.717, 1.165) is 0 Å². The normalized spacial score (nSPS) is 25.2. The summed E-state index contributed by atoms with van der Waals surface area (Å²) >= 11 is 0. The highest BCUT2D eigenvalue weighted by molar-refractivity contribution is 6.81. The number of aromatic amines is 1. The topological polar surface area (TPSA) is 179 Å². The SMILES string of the molecule is CC(C)(C)[Si](C)(C)C(O)[C@H]1O[C@@H](n2cc(F)c(=O)[nH]c2=O)C[C@@]1(O)C(CCCC(=O)O)C(=O)O. The van der Waals surface area contributed by atoms with Gasteiger partial charge in [-0.3, -0.25) is 23.9 Å². The highest BCUT2D eigenvalue weighted by Gasteiger charge is 2.61. The van der Waals surface area contributed by atoms with E-state index in [1.54, 1.807) is 4.98 Å². The van der Waals surface area contributed by atoms with Crippen molar-refractivity contribution in [2.24, 2.45) is 5.92 Å². The van der Waals surface area contributed by atoms with E-state index in [0.29, 0.717) is 10.8 Å². The van der Waals surface area contributed by atoms with Crippen LogP contribution in [0.25, 0.3) is 0 Å². The van der Waals surface area contributed by atoms with Crippen molar-refractivity contribution >= 4 is 20.0 Å². The fraction of sp³-hybridized carbons (Fsp3) is 0.714. The Kier molecular flexibility index (Phi) is 7.97. The summed E-state index contributed by atoms with van der Waals surface area (Å²) in [5, 5.41) is 41.5. The van der Waals surface area contributed by atoms with Crippen molar-refractivity contribution in [2.45, 2.75) is 88.2 Å². The number of H-pyrrole nitrogens is 1. The zero-order valence-corrected chi connectivity index (χ0v) is 20.9. The number of aliphatic carboxylic acids is 2. The number of halogens is 1. The van der Waals surface area contributed by atoms with Gasteiger partial charge in [0.05, 0.1) is 25.9 Å². The Balaban J connectivity index is 2.59. The van der Waals surface area contributed by atoms with Gasteiger partial charge in [0.2, 0.25) is 5.82 Å². The summed E-state index contributed by atoms with van der Waals surface area (Å²) in [6.45, 7) is 9.40. The molecule has 0 aromatic carbocycles. The van der Waals surface area contributed by atoms with Gasteiger partial charge in [-0.15, -0.1) is 0 Å². The quantitative estimate of drug-likeness (QED) is 0.307. The highest BCUT2D eigenvalue weighted by atomic mass is 28.3. The van der Waals surface area contributed by atoms with Crippen LogP contribution >= 0.6 is 0 Å². The van der Waals surface area contributed by atoms with Gasteiger partial charge in [0.1, 0.15) is 17.9 Å². The largest absolute Gasteiger partial charge is 0.481 e. The van der Waals surface area contributed by atoms with Crippen LogP contribution in [0.3, 0.4) is 0 Å². The zero-order chi connectivity index (χ0) is 26.2. The van der Waals surface area contributed by atoms with E-state index in [1.165, 1.54) is 0 Å². The van der Waals surface area contributed by atoms with E-state index < -0.39 is 78.1 Å². The van der Waals surface area contributed by atoms with Gasteiger partial charge in [0.15, 0.2) is 0 Å². The first kappa shape index (κ1) is 27.9. The van der Waals surface area contributed by atoms with Crippen molar-refractivity contribution in [1.29, 1.82) is 0 Å². The fourth-order valence-electron chi connectivity index (χ4n) is 4.12. The second kappa shape index (κ2) is 9.72. The van der Waals surface area contributed by atoms with Gasteiger partial charge >= 0.3 is 17.6 Å². The van der Waals surface area contributed by atoms with Gasteiger partial charge in [0.25, 0.3) is 5.56 Å². The van der Waals surface area contributed by atoms with E-state index in [1.807, 2.05) is 33.9 Å². The van der Waals surface area contributed by atoms with Crippen LogP contribution in [0.15, 0.2) is 15.8 Å². The molecule has 5 atom stereocenters. The third-order valence-electron chi connectivity index (χ3n) is 7.28. The molecule has 0 spiro atoms. The second-order valence-electron chi connectivity index (χ2n) is 10.4. The number of carboxylic acids is 2. The molecule has 0 aliphatic carbocycles. The molecule has 2 heterocycles. The standard InChI is InChI=1S/C21H33FN2O9Si/c1-20(2,3)34(4,5)18(30)15-21(32,11(17(28)29)7-6-8-14(25)26)9-13(33-15)24-10-12(22)16(27)23-19(24)31/h10-11,13,15,18,30,32H,6-9H2,1-5H3,(H,25,26)(H,28,29)(H,23,27,31)/t11?,13-,15-,18?,21-/m1/s1. The second-order valence-corrected chi connectivity index (χ2v) is 16.0. The van der Waals surface area contributed by atoms with Crippen molar-refractivity contribution in [2.75, 3.05) is 0 Å². The van der Waals surface area contributed by atoms with Gasteiger partial charge in [-0.25, -0.2) is 4.79 Å². The molecular formula is C21H33FN2O9Si. The lowest BCUT2D eigenvalue weighted by molar-refractivity contribution is -0.164. The van der Waals surface area contributed by atoms with Crippen molar-refractivity contribution < 1.29 is 39.1 Å². The van der Waals surface area contributed by atoms with Crippen LogP contribution in [0.1, 0.15) is 52.7 Å². The zero-order valence-electron chi connectivity index (χ0n) is 19.9. The first-order valence-electron chi connectivity index (χ1n) is 10.9. The lowest BCUT2D eigenvalue weighted by Crippen LogP contribution is -2.62. The lowest BCUT2D eigenvalue weighted by Gasteiger charge is -2.46. The van der Waals surface area contributed by atoms with Crippen LogP contribution in [0.5, 0.6) is 0 Å². The average Bonchev–Trinajstić information content (AvgIpc) is 3.03. The molecule has 0 bridgehead atoms. The molecule has 5 N–H and O–H groups in total. The number of aromatic nitrogens is 2. The molecule has 1 fully saturated rings. The number of aliphatic hydroxyl groups is 2. The number of ether oxygens (including phenoxy) is 1. The molecule has 34 heavy (non-hydrogen) atoms. The number of hydrogen-bond acceptors (Lipinski definition) is 7. The van der Waals surface area contributed by atoms with Gasteiger partial charge in [-0.05, 0) is 17.9 Å². The summed E-state index contributed by atoms with van der Waals surface area (Å²) in [6, 6.07) is 0. The molecule has 192 valence electrons. The summed E-state index contributed by atoms with van der Waals surface area (Å²) in [6.07, 6.45) is -3.36. The third kappa shape index (κ3) is 5.32. The van der Waals surface area contributed by atoms with E-state index in [-0.39, 0.29) is 19.3 Å².